The van der Waals surface area contributed by atoms with Crippen LogP contribution in [0.15, 0.2) is 58.7 Å². The van der Waals surface area contributed by atoms with Crippen molar-refractivity contribution >= 4 is 45.5 Å². The van der Waals surface area contributed by atoms with Gasteiger partial charge >= 0.3 is 6.03 Å². The maximum Gasteiger partial charge on any atom is 0.329 e. The molecule has 0 aliphatic carbocycles. The molecule has 0 aromatic heterocycles. The van der Waals surface area contributed by atoms with Crippen LogP contribution in [-0.4, -0.2) is 29.3 Å². The quantitative estimate of drug-likeness (QED) is 0.592. The molecule has 1 heterocycles. The number of rotatable bonds is 4. The number of carbonyl (C=O) groups is 3. The summed E-state index contributed by atoms with van der Waals surface area (Å²) in [6, 6.07) is 11.7. The fourth-order valence-electron chi connectivity index (χ4n) is 2.32. The highest BCUT2D eigenvalue weighted by Crippen LogP contribution is 2.17. The molecule has 0 saturated carbocycles. The zero-order valence-corrected chi connectivity index (χ0v) is 14.9. The molecular weight excluding hydrogens is 405 g/mol. The third-order valence-electron chi connectivity index (χ3n) is 3.57. The summed E-state index contributed by atoms with van der Waals surface area (Å²) in [7, 11) is 0. The zero-order chi connectivity index (χ0) is 18.7. The second-order valence-electron chi connectivity index (χ2n) is 5.49. The first-order chi connectivity index (χ1) is 12.4. The van der Waals surface area contributed by atoms with E-state index in [4.69, 9.17) is 0 Å². The lowest BCUT2D eigenvalue weighted by Crippen LogP contribution is -2.38. The molecule has 132 valence electrons. The second kappa shape index (κ2) is 7.49. The van der Waals surface area contributed by atoms with Crippen LogP contribution in [0.4, 0.5) is 14.9 Å². The summed E-state index contributed by atoms with van der Waals surface area (Å²) < 4.78 is 13.8. The monoisotopic (exact) mass is 417 g/mol. The van der Waals surface area contributed by atoms with Crippen molar-refractivity contribution in [3.05, 3.63) is 70.1 Å². The van der Waals surface area contributed by atoms with E-state index < -0.39 is 30.2 Å². The Morgan fingerprint density at radius 3 is 2.42 bits per heavy atom. The van der Waals surface area contributed by atoms with E-state index >= 15 is 0 Å². The average Bonchev–Trinajstić information content (AvgIpc) is 2.86. The van der Waals surface area contributed by atoms with Crippen LogP contribution in [0.3, 0.4) is 0 Å². The minimum Gasteiger partial charge on any atom is -0.325 e. The molecule has 0 unspecified atom stereocenters. The molecule has 2 aromatic carbocycles. The van der Waals surface area contributed by atoms with Crippen LogP contribution in [0, 0.1) is 5.82 Å². The predicted octanol–water partition coefficient (Wildman–Crippen LogP) is 3.12. The molecule has 2 aromatic rings. The van der Waals surface area contributed by atoms with Gasteiger partial charge in [0, 0.05) is 10.2 Å². The summed E-state index contributed by atoms with van der Waals surface area (Å²) in [4.78, 5) is 37.2. The van der Waals surface area contributed by atoms with E-state index in [0.717, 1.165) is 14.9 Å². The van der Waals surface area contributed by atoms with Gasteiger partial charge in [-0.15, -0.1) is 0 Å². The van der Waals surface area contributed by atoms with Crippen molar-refractivity contribution in [2.24, 2.45) is 0 Å². The SMILES string of the molecule is O=C(CN1C(=O)N/C(=C\c2ccc(Br)cc2)C1=O)Nc1ccc(F)cc1. The van der Waals surface area contributed by atoms with Gasteiger partial charge in [-0.05, 0) is 48.0 Å². The van der Waals surface area contributed by atoms with Gasteiger partial charge in [-0.2, -0.15) is 0 Å². The molecule has 0 atom stereocenters. The van der Waals surface area contributed by atoms with E-state index in [1.807, 2.05) is 12.1 Å². The van der Waals surface area contributed by atoms with Crippen LogP contribution in [0.25, 0.3) is 6.08 Å². The number of imide groups is 1. The Labute approximate surface area is 156 Å². The molecule has 8 heteroatoms. The summed E-state index contributed by atoms with van der Waals surface area (Å²) in [5.74, 6) is -1.59. The highest BCUT2D eigenvalue weighted by Gasteiger charge is 2.34. The minimum absolute atomic E-state index is 0.0897. The highest BCUT2D eigenvalue weighted by atomic mass is 79.9. The zero-order valence-electron chi connectivity index (χ0n) is 13.3. The normalized spacial score (nSPS) is 15.3. The average molecular weight is 418 g/mol. The number of amides is 4. The van der Waals surface area contributed by atoms with E-state index in [2.05, 4.69) is 26.6 Å². The molecule has 3 rings (SSSR count). The summed E-state index contributed by atoms with van der Waals surface area (Å²) in [5.41, 5.74) is 1.19. The van der Waals surface area contributed by atoms with Crippen LogP contribution in [0.1, 0.15) is 5.56 Å². The molecule has 0 bridgehead atoms. The molecule has 0 spiro atoms. The van der Waals surface area contributed by atoms with Gasteiger partial charge in [0.05, 0.1) is 0 Å². The topological polar surface area (TPSA) is 78.5 Å². The van der Waals surface area contributed by atoms with Crippen molar-refractivity contribution in [1.29, 1.82) is 0 Å². The molecule has 6 nitrogen and oxygen atoms in total. The molecule has 2 N–H and O–H groups in total. The molecule has 1 saturated heterocycles. The number of benzene rings is 2. The fourth-order valence-corrected chi connectivity index (χ4v) is 2.58. The van der Waals surface area contributed by atoms with Gasteiger partial charge in [0.2, 0.25) is 5.91 Å². The summed E-state index contributed by atoms with van der Waals surface area (Å²) in [5, 5.41) is 4.95. The van der Waals surface area contributed by atoms with Gasteiger partial charge in [0.25, 0.3) is 5.91 Å². The number of urea groups is 1. The first kappa shape index (κ1) is 17.8. The van der Waals surface area contributed by atoms with Crippen LogP contribution >= 0.6 is 15.9 Å². The van der Waals surface area contributed by atoms with Crippen LogP contribution in [0.5, 0.6) is 0 Å². The Morgan fingerprint density at radius 2 is 1.77 bits per heavy atom. The summed E-state index contributed by atoms with van der Waals surface area (Å²) >= 11 is 3.32. The fraction of sp³-hybridized carbons (Fsp3) is 0.0556. The smallest absolute Gasteiger partial charge is 0.325 e. The molecule has 26 heavy (non-hydrogen) atoms. The second-order valence-corrected chi connectivity index (χ2v) is 6.40. The van der Waals surface area contributed by atoms with Gasteiger partial charge in [-0.3, -0.25) is 9.59 Å². The Hall–Kier alpha value is -3.00. The number of hydrogen-bond donors (Lipinski definition) is 2. The maximum absolute atomic E-state index is 12.9. The number of carbonyl (C=O) groups excluding carboxylic acids is 3. The van der Waals surface area contributed by atoms with Crippen molar-refractivity contribution in [3.63, 3.8) is 0 Å². The van der Waals surface area contributed by atoms with E-state index in [1.54, 1.807) is 12.1 Å². The van der Waals surface area contributed by atoms with Gasteiger partial charge in [-0.1, -0.05) is 28.1 Å². The number of nitrogens with one attached hydrogen (secondary N) is 2. The van der Waals surface area contributed by atoms with Crippen LogP contribution in [0.2, 0.25) is 0 Å². The van der Waals surface area contributed by atoms with Crippen molar-refractivity contribution in [2.45, 2.75) is 0 Å². The van der Waals surface area contributed by atoms with Gasteiger partial charge in [0.1, 0.15) is 18.1 Å². The Bertz CT molecular complexity index is 895. The van der Waals surface area contributed by atoms with E-state index in [9.17, 15) is 18.8 Å². The highest BCUT2D eigenvalue weighted by molar-refractivity contribution is 9.10. The first-order valence-corrected chi connectivity index (χ1v) is 8.37. The first-order valence-electron chi connectivity index (χ1n) is 7.58. The Balaban J connectivity index is 1.67. The largest absolute Gasteiger partial charge is 0.329 e. The van der Waals surface area contributed by atoms with Gasteiger partial charge in [-0.25, -0.2) is 14.1 Å². The predicted molar refractivity (Wildman–Crippen MR) is 97.4 cm³/mol. The summed E-state index contributed by atoms with van der Waals surface area (Å²) in [6.07, 6.45) is 1.53. The number of nitrogens with zero attached hydrogens (tertiary/aromatic N) is 1. The maximum atomic E-state index is 12.9. The van der Waals surface area contributed by atoms with Crippen molar-refractivity contribution in [3.8, 4) is 0 Å². The lowest BCUT2D eigenvalue weighted by molar-refractivity contribution is -0.127. The molecule has 1 fully saturated rings. The van der Waals surface area contributed by atoms with E-state index in [1.165, 1.54) is 30.3 Å². The Kier molecular flexibility index (Phi) is 5.13. The molecule has 1 aliphatic heterocycles. The van der Waals surface area contributed by atoms with Gasteiger partial charge < -0.3 is 10.6 Å². The third kappa shape index (κ3) is 4.15. The van der Waals surface area contributed by atoms with Gasteiger partial charge in [0.15, 0.2) is 0 Å². The standard InChI is InChI=1S/C18H13BrFN3O3/c19-12-3-1-11(2-4-12)9-15-17(25)23(18(26)22-15)10-16(24)21-14-7-5-13(20)6-8-14/h1-9H,10H2,(H,21,24)(H,22,26)/b15-9-. The van der Waals surface area contributed by atoms with Crippen LogP contribution in [-0.2, 0) is 9.59 Å². The van der Waals surface area contributed by atoms with Crippen molar-refractivity contribution in [2.75, 3.05) is 11.9 Å². The van der Waals surface area contributed by atoms with E-state index in [0.29, 0.717) is 5.69 Å². The molecule has 1 aliphatic rings. The number of anilines is 1. The van der Waals surface area contributed by atoms with E-state index in [-0.39, 0.29) is 5.70 Å². The van der Waals surface area contributed by atoms with Crippen molar-refractivity contribution in [1.82, 2.24) is 10.2 Å². The van der Waals surface area contributed by atoms with Crippen LogP contribution < -0.4 is 10.6 Å². The molecule has 4 amide bonds. The molecular formula is C18H13BrFN3O3. The minimum atomic E-state index is -0.674. The third-order valence-corrected chi connectivity index (χ3v) is 4.10. The summed E-state index contributed by atoms with van der Waals surface area (Å²) in [6.45, 7) is -0.445. The van der Waals surface area contributed by atoms with Crippen molar-refractivity contribution < 1.29 is 18.8 Å². The Morgan fingerprint density at radius 1 is 1.12 bits per heavy atom. The lowest BCUT2D eigenvalue weighted by atomic mass is 10.2. The molecule has 0 radical (unpaired) electrons. The number of halogens is 2. The number of hydrogen-bond acceptors (Lipinski definition) is 3. The lowest BCUT2D eigenvalue weighted by Gasteiger charge is -2.11.